The number of carbonyl (C=O) groups excluding carboxylic acids is 1. The highest BCUT2D eigenvalue weighted by Gasteiger charge is 2.12. The van der Waals surface area contributed by atoms with Crippen LogP contribution in [0.2, 0.25) is 0 Å². The molecule has 0 bridgehead atoms. The van der Waals surface area contributed by atoms with Gasteiger partial charge in [0.25, 0.3) is 5.91 Å². The Labute approximate surface area is 160 Å². The highest BCUT2D eigenvalue weighted by atomic mass is 16.3. The van der Waals surface area contributed by atoms with Crippen LogP contribution < -0.4 is 5.43 Å². The standard InChI is InChI=1S/C20H16N6O2/c1-13(14-7-4-8-17(9-14)26-12-21-24-25-26)22-23-20(28)18-10-15-5-2-3-6-16(15)11-19(18)27/h2-12,27H,1H3,(H,23,28)/b22-13+. The SMILES string of the molecule is C/C(=N\NC(=O)c1cc2ccccc2cc1O)c1cccc(-n2cnnn2)c1. The second-order valence-electron chi connectivity index (χ2n) is 6.16. The molecule has 2 N–H and O–H groups in total. The fraction of sp³-hybridized carbons (Fsp3) is 0.0500. The number of aromatic hydroxyl groups is 1. The molecule has 0 fully saturated rings. The minimum absolute atomic E-state index is 0.0928. The normalized spacial score (nSPS) is 11.5. The molecule has 138 valence electrons. The van der Waals surface area contributed by atoms with Gasteiger partial charge in [0.15, 0.2) is 0 Å². The van der Waals surface area contributed by atoms with Gasteiger partial charge in [0.2, 0.25) is 0 Å². The van der Waals surface area contributed by atoms with Crippen LogP contribution >= 0.6 is 0 Å². The number of rotatable bonds is 4. The summed E-state index contributed by atoms with van der Waals surface area (Å²) in [6.07, 6.45) is 1.50. The molecule has 0 atom stereocenters. The fourth-order valence-electron chi connectivity index (χ4n) is 2.82. The molecule has 4 rings (SSSR count). The second-order valence-corrected chi connectivity index (χ2v) is 6.16. The van der Waals surface area contributed by atoms with Crippen molar-refractivity contribution in [3.63, 3.8) is 0 Å². The van der Waals surface area contributed by atoms with E-state index >= 15 is 0 Å². The summed E-state index contributed by atoms with van der Waals surface area (Å²) >= 11 is 0. The van der Waals surface area contributed by atoms with Gasteiger partial charge in [-0.15, -0.1) is 5.10 Å². The summed E-state index contributed by atoms with van der Waals surface area (Å²) in [6, 6.07) is 18.1. The van der Waals surface area contributed by atoms with Gasteiger partial charge in [-0.3, -0.25) is 4.79 Å². The van der Waals surface area contributed by atoms with E-state index in [4.69, 9.17) is 0 Å². The van der Waals surface area contributed by atoms with E-state index in [1.165, 1.54) is 11.0 Å². The number of hydrogen-bond donors (Lipinski definition) is 2. The number of phenolic OH excluding ortho intramolecular Hbond substituents is 1. The molecule has 0 aliphatic carbocycles. The monoisotopic (exact) mass is 372 g/mol. The minimum Gasteiger partial charge on any atom is -0.507 e. The zero-order chi connectivity index (χ0) is 19.5. The van der Waals surface area contributed by atoms with Gasteiger partial charge >= 0.3 is 0 Å². The average molecular weight is 372 g/mol. The van der Waals surface area contributed by atoms with Gasteiger partial charge in [0.05, 0.1) is 17.0 Å². The predicted molar refractivity (Wildman–Crippen MR) is 104 cm³/mol. The fourth-order valence-corrected chi connectivity index (χ4v) is 2.82. The third-order valence-electron chi connectivity index (χ3n) is 4.31. The van der Waals surface area contributed by atoms with Gasteiger partial charge in [-0.2, -0.15) is 5.10 Å². The lowest BCUT2D eigenvalue weighted by molar-refractivity contribution is 0.0952. The number of nitrogens with one attached hydrogen (secondary N) is 1. The van der Waals surface area contributed by atoms with Crippen molar-refractivity contribution in [2.45, 2.75) is 6.92 Å². The first-order valence-corrected chi connectivity index (χ1v) is 8.52. The summed E-state index contributed by atoms with van der Waals surface area (Å²) in [5.74, 6) is -0.580. The van der Waals surface area contributed by atoms with Crippen molar-refractivity contribution in [3.8, 4) is 11.4 Å². The van der Waals surface area contributed by atoms with Crippen LogP contribution in [0.15, 0.2) is 72.1 Å². The Morgan fingerprint density at radius 2 is 1.86 bits per heavy atom. The molecular formula is C20H16N6O2. The number of hydrazone groups is 1. The summed E-state index contributed by atoms with van der Waals surface area (Å²) in [6.45, 7) is 1.78. The van der Waals surface area contributed by atoms with Crippen LogP contribution in [0.3, 0.4) is 0 Å². The van der Waals surface area contributed by atoms with Gasteiger partial charge in [-0.1, -0.05) is 36.4 Å². The van der Waals surface area contributed by atoms with Crippen LogP contribution in [0.1, 0.15) is 22.8 Å². The molecule has 0 aliphatic rings. The highest BCUT2D eigenvalue weighted by molar-refractivity contribution is 6.03. The van der Waals surface area contributed by atoms with Gasteiger partial charge in [0.1, 0.15) is 12.1 Å². The summed E-state index contributed by atoms with van der Waals surface area (Å²) < 4.78 is 1.53. The lowest BCUT2D eigenvalue weighted by Crippen LogP contribution is -2.19. The number of benzene rings is 3. The van der Waals surface area contributed by atoms with E-state index in [0.29, 0.717) is 5.71 Å². The molecule has 1 amide bonds. The summed E-state index contributed by atoms with van der Waals surface area (Å²) in [4.78, 5) is 12.5. The molecule has 0 saturated carbocycles. The lowest BCUT2D eigenvalue weighted by Gasteiger charge is -2.07. The van der Waals surface area contributed by atoms with E-state index in [1.54, 1.807) is 19.1 Å². The first-order valence-electron chi connectivity index (χ1n) is 8.52. The Balaban J connectivity index is 1.56. The summed E-state index contributed by atoms with van der Waals surface area (Å²) in [7, 11) is 0. The number of phenols is 1. The molecule has 3 aromatic carbocycles. The van der Waals surface area contributed by atoms with Crippen LogP contribution in [0.5, 0.6) is 5.75 Å². The summed E-state index contributed by atoms with van der Waals surface area (Å²) in [5.41, 5.74) is 4.84. The molecule has 0 aliphatic heterocycles. The third-order valence-corrected chi connectivity index (χ3v) is 4.31. The van der Waals surface area contributed by atoms with Crippen molar-refractivity contribution >= 4 is 22.4 Å². The third kappa shape index (κ3) is 3.43. The van der Waals surface area contributed by atoms with Crippen LogP contribution in [-0.2, 0) is 0 Å². The molecule has 8 nitrogen and oxygen atoms in total. The number of aromatic nitrogens is 4. The maximum absolute atomic E-state index is 12.5. The number of fused-ring (bicyclic) bond motifs is 1. The van der Waals surface area contributed by atoms with Gasteiger partial charge in [-0.05, 0) is 58.0 Å². The largest absolute Gasteiger partial charge is 0.507 e. The van der Waals surface area contributed by atoms with Crippen LogP contribution in [-0.4, -0.2) is 36.9 Å². The maximum Gasteiger partial charge on any atom is 0.275 e. The van der Waals surface area contributed by atoms with Gasteiger partial charge in [0, 0.05) is 0 Å². The van der Waals surface area contributed by atoms with Gasteiger partial charge < -0.3 is 5.11 Å². The Morgan fingerprint density at radius 3 is 2.61 bits per heavy atom. The van der Waals surface area contributed by atoms with Gasteiger partial charge in [-0.25, -0.2) is 10.1 Å². The van der Waals surface area contributed by atoms with Crippen molar-refractivity contribution in [3.05, 3.63) is 78.1 Å². The van der Waals surface area contributed by atoms with Crippen LogP contribution in [0.25, 0.3) is 16.5 Å². The van der Waals surface area contributed by atoms with Crippen molar-refractivity contribution in [2.75, 3.05) is 0 Å². The number of amides is 1. The molecule has 0 spiro atoms. The van der Waals surface area contributed by atoms with Crippen LogP contribution in [0.4, 0.5) is 0 Å². The van der Waals surface area contributed by atoms with Crippen molar-refractivity contribution in [1.29, 1.82) is 0 Å². The topological polar surface area (TPSA) is 105 Å². The number of nitrogens with zero attached hydrogens (tertiary/aromatic N) is 5. The van der Waals surface area contributed by atoms with Crippen LogP contribution in [0, 0.1) is 0 Å². The Bertz CT molecular complexity index is 1180. The zero-order valence-electron chi connectivity index (χ0n) is 14.9. The second kappa shape index (κ2) is 7.28. The number of hydrogen-bond acceptors (Lipinski definition) is 6. The van der Waals surface area contributed by atoms with Crippen molar-refractivity contribution in [2.24, 2.45) is 5.10 Å². The molecule has 4 aromatic rings. The average Bonchev–Trinajstić information content (AvgIpc) is 3.26. The molecule has 0 unspecified atom stereocenters. The Morgan fingerprint density at radius 1 is 1.07 bits per heavy atom. The number of tetrazole rings is 1. The first kappa shape index (κ1) is 17.3. The van der Waals surface area contributed by atoms with E-state index in [9.17, 15) is 9.90 Å². The molecule has 0 radical (unpaired) electrons. The Kier molecular flexibility index (Phi) is 4.51. The van der Waals surface area contributed by atoms with E-state index in [-0.39, 0.29) is 11.3 Å². The van der Waals surface area contributed by atoms with E-state index < -0.39 is 5.91 Å². The lowest BCUT2D eigenvalue weighted by atomic mass is 10.1. The minimum atomic E-state index is -0.487. The van der Waals surface area contributed by atoms with Crippen molar-refractivity contribution in [1.82, 2.24) is 25.6 Å². The molecular weight excluding hydrogens is 356 g/mol. The van der Waals surface area contributed by atoms with E-state index in [0.717, 1.165) is 22.0 Å². The van der Waals surface area contributed by atoms with E-state index in [2.05, 4.69) is 26.1 Å². The molecule has 8 heteroatoms. The first-order chi connectivity index (χ1) is 13.6. The smallest absolute Gasteiger partial charge is 0.275 e. The molecule has 0 saturated heterocycles. The summed E-state index contributed by atoms with van der Waals surface area (Å²) in [5, 5.41) is 27.1. The van der Waals surface area contributed by atoms with E-state index in [1.807, 2.05) is 48.5 Å². The molecule has 1 aromatic heterocycles. The predicted octanol–water partition coefficient (Wildman–Crippen LogP) is 2.68. The molecule has 28 heavy (non-hydrogen) atoms. The highest BCUT2D eigenvalue weighted by Crippen LogP contribution is 2.24. The quantitative estimate of drug-likeness (QED) is 0.423. The Hall–Kier alpha value is -4.07. The zero-order valence-corrected chi connectivity index (χ0v) is 14.9. The maximum atomic E-state index is 12.5. The molecule has 1 heterocycles. The van der Waals surface area contributed by atoms with Crippen molar-refractivity contribution < 1.29 is 9.90 Å². The number of carbonyl (C=O) groups is 1.